The van der Waals surface area contributed by atoms with Crippen LogP contribution in [0.2, 0.25) is 0 Å². The number of rotatable bonds is 10. The quantitative estimate of drug-likeness (QED) is 0.629. The molecule has 2 N–H and O–H groups in total. The van der Waals surface area contributed by atoms with E-state index >= 15 is 0 Å². The Balaban J connectivity index is 1.68. The maximum absolute atomic E-state index is 11.9. The molecular formula is C14H22N2O4S2. The first-order chi connectivity index (χ1) is 10.4. The molecule has 22 heavy (non-hydrogen) atoms. The molecule has 1 aromatic rings. The number of benzene rings is 1. The van der Waals surface area contributed by atoms with E-state index in [-0.39, 0.29) is 11.5 Å². The molecule has 124 valence electrons. The highest BCUT2D eigenvalue weighted by Gasteiger charge is 2.23. The minimum atomic E-state index is -3.43. The summed E-state index contributed by atoms with van der Waals surface area (Å²) in [5.41, 5.74) is 0.515. The van der Waals surface area contributed by atoms with Gasteiger partial charge in [-0.25, -0.2) is 21.6 Å². The summed E-state index contributed by atoms with van der Waals surface area (Å²) >= 11 is 0. The summed E-state index contributed by atoms with van der Waals surface area (Å²) in [5.74, 6) is 0.380. The molecule has 0 bridgehead atoms. The first-order valence-corrected chi connectivity index (χ1v) is 10.7. The average molecular weight is 346 g/mol. The second-order valence-electron chi connectivity index (χ2n) is 5.60. The molecule has 6 nitrogen and oxygen atoms in total. The molecule has 2 rings (SSSR count). The standard InChI is InChI=1S/C14H22N2O4S2/c17-21(18,15-12-13-8-9-13)10-4-5-11-22(19,20)16-14-6-2-1-3-7-14/h1-3,6-7,13,15-16H,4-5,8-12H2. The van der Waals surface area contributed by atoms with Crippen molar-refractivity contribution >= 4 is 25.7 Å². The third kappa shape index (κ3) is 6.76. The summed E-state index contributed by atoms with van der Waals surface area (Å²) in [4.78, 5) is 0. The van der Waals surface area contributed by atoms with Gasteiger partial charge in [0.15, 0.2) is 0 Å². The van der Waals surface area contributed by atoms with Crippen LogP contribution in [0.1, 0.15) is 25.7 Å². The van der Waals surface area contributed by atoms with E-state index < -0.39 is 20.0 Å². The van der Waals surface area contributed by atoms with Crippen LogP contribution < -0.4 is 9.44 Å². The zero-order valence-electron chi connectivity index (χ0n) is 12.4. The first-order valence-electron chi connectivity index (χ1n) is 7.39. The minimum absolute atomic E-state index is 0.0272. The molecule has 0 heterocycles. The molecule has 0 radical (unpaired) electrons. The molecule has 0 spiro atoms. The van der Waals surface area contributed by atoms with Gasteiger partial charge in [0.05, 0.1) is 11.5 Å². The van der Waals surface area contributed by atoms with Gasteiger partial charge in [-0.05, 0) is 43.7 Å². The third-order valence-corrected chi connectivity index (χ3v) is 6.22. The maximum atomic E-state index is 11.9. The number of hydrogen-bond acceptors (Lipinski definition) is 4. The summed E-state index contributed by atoms with van der Waals surface area (Å²) in [7, 11) is -6.71. The van der Waals surface area contributed by atoms with Crippen molar-refractivity contribution in [2.75, 3.05) is 22.8 Å². The average Bonchev–Trinajstić information content (AvgIpc) is 3.27. The topological polar surface area (TPSA) is 92.3 Å². The van der Waals surface area contributed by atoms with Crippen molar-refractivity contribution in [1.82, 2.24) is 4.72 Å². The molecule has 0 atom stereocenters. The Morgan fingerprint density at radius 1 is 0.909 bits per heavy atom. The van der Waals surface area contributed by atoms with Gasteiger partial charge in [0.1, 0.15) is 0 Å². The van der Waals surface area contributed by atoms with E-state index in [2.05, 4.69) is 9.44 Å². The molecule has 1 saturated carbocycles. The lowest BCUT2D eigenvalue weighted by Crippen LogP contribution is -2.28. The fraction of sp³-hybridized carbons (Fsp3) is 0.571. The summed E-state index contributed by atoms with van der Waals surface area (Å²) in [6.45, 7) is 0.510. The van der Waals surface area contributed by atoms with Gasteiger partial charge in [-0.2, -0.15) is 0 Å². The second-order valence-corrected chi connectivity index (χ2v) is 9.37. The highest BCUT2D eigenvalue weighted by Crippen LogP contribution is 2.27. The highest BCUT2D eigenvalue weighted by atomic mass is 32.2. The molecule has 0 amide bonds. The van der Waals surface area contributed by atoms with E-state index in [9.17, 15) is 16.8 Å². The van der Waals surface area contributed by atoms with Crippen LogP contribution in [0.15, 0.2) is 30.3 Å². The SMILES string of the molecule is O=S(=O)(CCCCS(=O)(=O)Nc1ccccc1)NCC1CC1. The Hall–Kier alpha value is -1.12. The van der Waals surface area contributed by atoms with Gasteiger partial charge < -0.3 is 0 Å². The number of nitrogens with one attached hydrogen (secondary N) is 2. The van der Waals surface area contributed by atoms with Crippen molar-refractivity contribution in [3.63, 3.8) is 0 Å². The van der Waals surface area contributed by atoms with Crippen LogP contribution in [0.4, 0.5) is 5.69 Å². The molecule has 1 aliphatic carbocycles. The molecule has 0 unspecified atom stereocenters. The summed E-state index contributed by atoms with van der Waals surface area (Å²) in [6, 6.07) is 8.64. The summed E-state index contributed by atoms with van der Waals surface area (Å²) in [5, 5.41) is 0. The second kappa shape index (κ2) is 7.43. The van der Waals surface area contributed by atoms with Crippen molar-refractivity contribution in [2.24, 2.45) is 5.92 Å². The predicted molar refractivity (Wildman–Crippen MR) is 87.6 cm³/mol. The van der Waals surface area contributed by atoms with E-state index in [4.69, 9.17) is 0 Å². The summed E-state index contributed by atoms with van der Waals surface area (Å²) < 4.78 is 52.2. The molecule has 0 saturated heterocycles. The van der Waals surface area contributed by atoms with E-state index in [0.29, 0.717) is 31.0 Å². The minimum Gasteiger partial charge on any atom is -0.284 e. The van der Waals surface area contributed by atoms with Crippen molar-refractivity contribution < 1.29 is 16.8 Å². The Morgan fingerprint density at radius 2 is 1.50 bits per heavy atom. The maximum Gasteiger partial charge on any atom is 0.232 e. The summed E-state index contributed by atoms with van der Waals surface area (Å²) in [6.07, 6.45) is 2.82. The predicted octanol–water partition coefficient (Wildman–Crippen LogP) is 1.54. The van der Waals surface area contributed by atoms with Gasteiger partial charge in [-0.1, -0.05) is 18.2 Å². The van der Waals surface area contributed by atoms with E-state index in [1.54, 1.807) is 30.3 Å². The number of hydrogen-bond donors (Lipinski definition) is 2. The Morgan fingerprint density at radius 3 is 2.09 bits per heavy atom. The van der Waals surface area contributed by atoms with Crippen molar-refractivity contribution in [1.29, 1.82) is 0 Å². The van der Waals surface area contributed by atoms with E-state index in [1.165, 1.54) is 0 Å². The molecule has 0 aliphatic heterocycles. The van der Waals surface area contributed by atoms with Crippen LogP contribution >= 0.6 is 0 Å². The van der Waals surface area contributed by atoms with Gasteiger partial charge in [0.25, 0.3) is 0 Å². The van der Waals surface area contributed by atoms with Crippen LogP contribution in [0, 0.1) is 5.92 Å². The van der Waals surface area contributed by atoms with Crippen LogP contribution in [0.5, 0.6) is 0 Å². The fourth-order valence-electron chi connectivity index (χ4n) is 1.96. The van der Waals surface area contributed by atoms with Gasteiger partial charge in [-0.3, -0.25) is 4.72 Å². The third-order valence-electron chi connectivity index (χ3n) is 3.41. The fourth-order valence-corrected chi connectivity index (χ4v) is 4.36. The lowest BCUT2D eigenvalue weighted by molar-refractivity contribution is 0.572. The molecule has 0 aromatic heterocycles. The molecule has 1 aliphatic rings. The Kier molecular flexibility index (Phi) is 5.82. The van der Waals surface area contributed by atoms with E-state index in [0.717, 1.165) is 12.8 Å². The molecule has 1 fully saturated rings. The van der Waals surface area contributed by atoms with Gasteiger partial charge in [0.2, 0.25) is 20.0 Å². The van der Waals surface area contributed by atoms with Crippen LogP contribution in [-0.4, -0.2) is 34.9 Å². The Bertz CT molecular complexity index is 668. The van der Waals surface area contributed by atoms with Crippen LogP contribution in [-0.2, 0) is 20.0 Å². The molecular weight excluding hydrogens is 324 g/mol. The molecule has 1 aromatic carbocycles. The first kappa shape index (κ1) is 17.2. The van der Waals surface area contributed by atoms with Crippen molar-refractivity contribution in [2.45, 2.75) is 25.7 Å². The monoisotopic (exact) mass is 346 g/mol. The smallest absolute Gasteiger partial charge is 0.232 e. The normalized spacial score (nSPS) is 15.6. The van der Waals surface area contributed by atoms with Gasteiger partial charge in [0, 0.05) is 12.2 Å². The van der Waals surface area contributed by atoms with E-state index in [1.807, 2.05) is 0 Å². The number of sulfonamides is 2. The van der Waals surface area contributed by atoms with Crippen molar-refractivity contribution in [3.05, 3.63) is 30.3 Å². The number of anilines is 1. The van der Waals surface area contributed by atoms with Gasteiger partial charge >= 0.3 is 0 Å². The zero-order chi connectivity index (χ0) is 16.1. The Labute approximate surface area is 132 Å². The lowest BCUT2D eigenvalue weighted by atomic mass is 10.3. The molecule has 8 heteroatoms. The number of unbranched alkanes of at least 4 members (excludes halogenated alkanes) is 1. The number of para-hydroxylation sites is 1. The highest BCUT2D eigenvalue weighted by molar-refractivity contribution is 7.92. The largest absolute Gasteiger partial charge is 0.284 e. The van der Waals surface area contributed by atoms with Crippen molar-refractivity contribution in [3.8, 4) is 0 Å². The van der Waals surface area contributed by atoms with Gasteiger partial charge in [-0.15, -0.1) is 0 Å². The van der Waals surface area contributed by atoms with Crippen LogP contribution in [0.3, 0.4) is 0 Å². The zero-order valence-corrected chi connectivity index (χ0v) is 14.0. The van der Waals surface area contributed by atoms with Crippen LogP contribution in [0.25, 0.3) is 0 Å². The lowest BCUT2D eigenvalue weighted by Gasteiger charge is -2.08.